The number of rotatable bonds is 7. The van der Waals surface area contributed by atoms with Gasteiger partial charge in [0.1, 0.15) is 5.82 Å². The second-order valence-electron chi connectivity index (χ2n) is 5.20. The summed E-state index contributed by atoms with van der Waals surface area (Å²) >= 11 is 0. The number of imidazole rings is 1. The zero-order chi connectivity index (χ0) is 15.9. The number of methoxy groups -OCH3 is 1. The van der Waals surface area contributed by atoms with Crippen molar-refractivity contribution in [2.45, 2.75) is 39.3 Å². The molecule has 0 amide bonds. The van der Waals surface area contributed by atoms with Gasteiger partial charge in [-0.25, -0.2) is 9.78 Å². The van der Waals surface area contributed by atoms with E-state index in [0.717, 1.165) is 36.3 Å². The predicted molar refractivity (Wildman–Crippen MR) is 83.6 cm³/mol. The second kappa shape index (κ2) is 7.75. The van der Waals surface area contributed by atoms with Gasteiger partial charge in [0.25, 0.3) is 0 Å². The number of benzene rings is 1. The summed E-state index contributed by atoms with van der Waals surface area (Å²) in [5, 5.41) is 9.46. The number of aliphatic hydroxyl groups excluding tert-OH is 1. The third-order valence-electron chi connectivity index (χ3n) is 3.65. The van der Waals surface area contributed by atoms with E-state index in [1.54, 1.807) is 18.3 Å². The zero-order valence-electron chi connectivity index (χ0n) is 13.1. The predicted octanol–water partition coefficient (Wildman–Crippen LogP) is 2.55. The van der Waals surface area contributed by atoms with Gasteiger partial charge in [0.2, 0.25) is 0 Å². The lowest BCUT2D eigenvalue weighted by Crippen LogP contribution is -2.09. The molecule has 0 atom stereocenters. The maximum Gasteiger partial charge on any atom is 0.337 e. The number of ether oxygens (including phenoxy) is 1. The van der Waals surface area contributed by atoms with Crippen LogP contribution in [0.3, 0.4) is 0 Å². The Kier molecular flexibility index (Phi) is 5.72. The summed E-state index contributed by atoms with van der Waals surface area (Å²) in [6, 6.07) is 7.30. The van der Waals surface area contributed by atoms with Crippen LogP contribution < -0.4 is 0 Å². The number of esters is 1. The molecule has 5 nitrogen and oxygen atoms in total. The molecular weight excluding hydrogens is 280 g/mol. The Morgan fingerprint density at radius 1 is 1.32 bits per heavy atom. The minimum atomic E-state index is -0.339. The lowest BCUT2D eigenvalue weighted by Gasteiger charge is -2.11. The smallest absolute Gasteiger partial charge is 0.337 e. The monoisotopic (exact) mass is 302 g/mol. The first kappa shape index (κ1) is 16.2. The third-order valence-corrected chi connectivity index (χ3v) is 3.65. The molecule has 1 aromatic carbocycles. The quantitative estimate of drug-likeness (QED) is 0.798. The molecule has 0 saturated heterocycles. The van der Waals surface area contributed by atoms with Crippen molar-refractivity contribution in [2.75, 3.05) is 7.11 Å². The molecule has 22 heavy (non-hydrogen) atoms. The van der Waals surface area contributed by atoms with Crippen molar-refractivity contribution in [1.82, 2.24) is 9.55 Å². The number of aryl methyl sites for hydroxylation is 1. The van der Waals surface area contributed by atoms with E-state index in [9.17, 15) is 9.90 Å². The van der Waals surface area contributed by atoms with Crippen molar-refractivity contribution in [1.29, 1.82) is 0 Å². The molecule has 2 aromatic rings. The fourth-order valence-corrected chi connectivity index (χ4v) is 2.35. The summed E-state index contributed by atoms with van der Waals surface area (Å²) in [5.41, 5.74) is 2.40. The van der Waals surface area contributed by atoms with Gasteiger partial charge in [0, 0.05) is 13.0 Å². The Labute approximate surface area is 130 Å². The Morgan fingerprint density at radius 3 is 2.64 bits per heavy atom. The van der Waals surface area contributed by atoms with Crippen LogP contribution in [0.15, 0.2) is 30.5 Å². The number of aliphatic hydroxyl groups is 1. The lowest BCUT2D eigenvalue weighted by molar-refractivity contribution is 0.0600. The highest BCUT2D eigenvalue weighted by Crippen LogP contribution is 2.14. The fraction of sp³-hybridized carbons (Fsp3) is 0.412. The SMILES string of the molecule is CCCCc1ncc(CO)n1Cc1ccc(C(=O)OC)cc1. The van der Waals surface area contributed by atoms with Crippen molar-refractivity contribution < 1.29 is 14.6 Å². The van der Waals surface area contributed by atoms with Gasteiger partial charge in [-0.3, -0.25) is 0 Å². The van der Waals surface area contributed by atoms with Crippen LogP contribution in [-0.2, 0) is 24.3 Å². The molecular formula is C17H22N2O3. The van der Waals surface area contributed by atoms with Gasteiger partial charge in [0.05, 0.1) is 31.2 Å². The molecule has 2 rings (SSSR count). The highest BCUT2D eigenvalue weighted by Gasteiger charge is 2.10. The maximum atomic E-state index is 11.4. The molecule has 0 radical (unpaired) electrons. The highest BCUT2D eigenvalue weighted by molar-refractivity contribution is 5.89. The molecule has 0 aliphatic rings. The molecule has 0 aliphatic heterocycles. The average Bonchev–Trinajstić information content (AvgIpc) is 2.94. The fourth-order valence-electron chi connectivity index (χ4n) is 2.35. The van der Waals surface area contributed by atoms with E-state index in [0.29, 0.717) is 12.1 Å². The van der Waals surface area contributed by atoms with Crippen molar-refractivity contribution >= 4 is 5.97 Å². The molecule has 118 valence electrons. The molecule has 0 saturated carbocycles. The summed E-state index contributed by atoms with van der Waals surface area (Å²) in [7, 11) is 1.37. The summed E-state index contributed by atoms with van der Waals surface area (Å²) in [6.45, 7) is 2.75. The van der Waals surface area contributed by atoms with Crippen LogP contribution in [0.1, 0.15) is 47.2 Å². The number of aromatic nitrogens is 2. The number of unbranched alkanes of at least 4 members (excludes halogenated alkanes) is 1. The van der Waals surface area contributed by atoms with E-state index in [1.807, 2.05) is 16.7 Å². The number of nitrogens with zero attached hydrogens (tertiary/aromatic N) is 2. The van der Waals surface area contributed by atoms with E-state index in [1.165, 1.54) is 7.11 Å². The maximum absolute atomic E-state index is 11.4. The van der Waals surface area contributed by atoms with Gasteiger partial charge in [-0.2, -0.15) is 0 Å². The van der Waals surface area contributed by atoms with E-state index in [4.69, 9.17) is 4.74 Å². The second-order valence-corrected chi connectivity index (χ2v) is 5.20. The Morgan fingerprint density at radius 2 is 2.05 bits per heavy atom. The largest absolute Gasteiger partial charge is 0.465 e. The van der Waals surface area contributed by atoms with Crippen LogP contribution in [0.4, 0.5) is 0 Å². The van der Waals surface area contributed by atoms with Gasteiger partial charge in [0.15, 0.2) is 0 Å². The third kappa shape index (κ3) is 3.74. The van der Waals surface area contributed by atoms with Crippen molar-refractivity contribution in [2.24, 2.45) is 0 Å². The highest BCUT2D eigenvalue weighted by atomic mass is 16.5. The van der Waals surface area contributed by atoms with Gasteiger partial charge >= 0.3 is 5.97 Å². The number of hydrogen-bond acceptors (Lipinski definition) is 4. The van der Waals surface area contributed by atoms with Crippen LogP contribution in [0.2, 0.25) is 0 Å². The number of carbonyl (C=O) groups is 1. The van der Waals surface area contributed by atoms with Crippen LogP contribution >= 0.6 is 0 Å². The van der Waals surface area contributed by atoms with Crippen LogP contribution in [0.25, 0.3) is 0 Å². The summed E-state index contributed by atoms with van der Waals surface area (Å²) < 4.78 is 6.74. The van der Waals surface area contributed by atoms with Crippen molar-refractivity contribution in [3.8, 4) is 0 Å². The van der Waals surface area contributed by atoms with Crippen molar-refractivity contribution in [3.05, 3.63) is 53.1 Å². The van der Waals surface area contributed by atoms with Gasteiger partial charge < -0.3 is 14.4 Å². The summed E-state index contributed by atoms with van der Waals surface area (Å²) in [5.74, 6) is 0.650. The van der Waals surface area contributed by atoms with Crippen molar-refractivity contribution in [3.63, 3.8) is 0 Å². The first-order chi connectivity index (χ1) is 10.7. The van der Waals surface area contributed by atoms with Crippen LogP contribution in [0.5, 0.6) is 0 Å². The summed E-state index contributed by atoms with van der Waals surface area (Å²) in [6.07, 6.45) is 4.81. The molecule has 0 unspecified atom stereocenters. The minimum absolute atomic E-state index is 0.0284. The normalized spacial score (nSPS) is 10.7. The van der Waals surface area contributed by atoms with Crippen LogP contribution in [-0.4, -0.2) is 27.7 Å². The lowest BCUT2D eigenvalue weighted by atomic mass is 10.1. The van der Waals surface area contributed by atoms with Gasteiger partial charge in [-0.1, -0.05) is 25.5 Å². The number of carbonyl (C=O) groups excluding carboxylic acids is 1. The molecule has 0 spiro atoms. The molecule has 0 fully saturated rings. The molecule has 1 aromatic heterocycles. The Bertz CT molecular complexity index is 617. The standard InChI is InChI=1S/C17H22N2O3/c1-3-4-5-16-18-10-15(12-20)19(16)11-13-6-8-14(9-7-13)17(21)22-2/h6-10,20H,3-5,11-12H2,1-2H3. The zero-order valence-corrected chi connectivity index (χ0v) is 13.1. The molecule has 5 heteroatoms. The van der Waals surface area contributed by atoms with E-state index >= 15 is 0 Å². The van der Waals surface area contributed by atoms with Crippen LogP contribution in [0, 0.1) is 0 Å². The number of hydrogen-bond donors (Lipinski definition) is 1. The Hall–Kier alpha value is -2.14. The molecule has 1 heterocycles. The Balaban J connectivity index is 2.18. The molecule has 1 N–H and O–H groups in total. The van der Waals surface area contributed by atoms with E-state index in [-0.39, 0.29) is 12.6 Å². The summed E-state index contributed by atoms with van der Waals surface area (Å²) in [4.78, 5) is 15.9. The van der Waals surface area contributed by atoms with E-state index in [2.05, 4.69) is 11.9 Å². The van der Waals surface area contributed by atoms with Gasteiger partial charge in [-0.05, 0) is 24.1 Å². The first-order valence-corrected chi connectivity index (χ1v) is 7.51. The molecule has 0 bridgehead atoms. The average molecular weight is 302 g/mol. The molecule has 0 aliphatic carbocycles. The van der Waals surface area contributed by atoms with E-state index < -0.39 is 0 Å². The topological polar surface area (TPSA) is 64.4 Å². The van der Waals surface area contributed by atoms with Gasteiger partial charge in [-0.15, -0.1) is 0 Å². The first-order valence-electron chi connectivity index (χ1n) is 7.51. The minimum Gasteiger partial charge on any atom is -0.465 e.